The van der Waals surface area contributed by atoms with Gasteiger partial charge >= 0.3 is 10.3 Å². The third-order valence-electron chi connectivity index (χ3n) is 5.06. The maximum atomic E-state index is 11.2. The second-order valence-electron chi connectivity index (χ2n) is 7.32. The Labute approximate surface area is 151 Å². The first kappa shape index (κ1) is 17.8. The summed E-state index contributed by atoms with van der Waals surface area (Å²) < 4.78 is 41.4. The Kier molecular flexibility index (Phi) is 4.08. The van der Waals surface area contributed by atoms with Crippen LogP contribution in [0.1, 0.15) is 32.0 Å². The molecule has 2 aromatic heterocycles. The molecule has 2 fully saturated rings. The fourth-order valence-electron chi connectivity index (χ4n) is 4.04. The average Bonchev–Trinajstić information content (AvgIpc) is 3.16. The van der Waals surface area contributed by atoms with Gasteiger partial charge in [0.2, 0.25) is 0 Å². The van der Waals surface area contributed by atoms with Crippen molar-refractivity contribution < 1.29 is 22.1 Å². The van der Waals surface area contributed by atoms with Gasteiger partial charge in [-0.1, -0.05) is 0 Å². The quantitative estimate of drug-likeness (QED) is 0.839. The van der Waals surface area contributed by atoms with Gasteiger partial charge in [0.25, 0.3) is 0 Å². The molecule has 4 atom stereocenters. The van der Waals surface area contributed by atoms with Gasteiger partial charge in [-0.15, -0.1) is 0 Å². The molecule has 26 heavy (non-hydrogen) atoms. The van der Waals surface area contributed by atoms with E-state index in [0.717, 1.165) is 16.7 Å². The highest BCUT2D eigenvalue weighted by molar-refractivity contribution is 7.84. The minimum atomic E-state index is -4.00. The molecule has 0 aromatic carbocycles. The maximum absolute atomic E-state index is 11.2. The molecule has 3 heterocycles. The molecule has 9 nitrogen and oxygen atoms in total. The second kappa shape index (κ2) is 5.96. The Morgan fingerprint density at radius 1 is 1.35 bits per heavy atom. The molecule has 0 spiro atoms. The molecule has 0 unspecified atom stereocenters. The largest absolute Gasteiger partial charge is 0.344 e. The van der Waals surface area contributed by atoms with Crippen molar-refractivity contribution in [1.29, 1.82) is 0 Å². The number of aromatic nitrogens is 3. The van der Waals surface area contributed by atoms with Crippen LogP contribution in [0.5, 0.6) is 0 Å². The Morgan fingerprint density at radius 3 is 2.81 bits per heavy atom. The van der Waals surface area contributed by atoms with Gasteiger partial charge in [0, 0.05) is 17.5 Å². The van der Waals surface area contributed by atoms with E-state index >= 15 is 0 Å². The number of ether oxygens (including phenoxy) is 2. The van der Waals surface area contributed by atoms with Crippen molar-refractivity contribution in [2.24, 2.45) is 11.1 Å². The smallest absolute Gasteiger partial charge is 0.333 e. The van der Waals surface area contributed by atoms with Gasteiger partial charge in [0.05, 0.1) is 24.4 Å². The van der Waals surface area contributed by atoms with Crippen molar-refractivity contribution in [3.63, 3.8) is 0 Å². The molecule has 0 bridgehead atoms. The molecule has 142 valence electrons. The van der Waals surface area contributed by atoms with Gasteiger partial charge < -0.3 is 14.0 Å². The van der Waals surface area contributed by atoms with Crippen LogP contribution < -0.4 is 5.14 Å². The summed E-state index contributed by atoms with van der Waals surface area (Å²) in [5.41, 5.74) is 1.73. The van der Waals surface area contributed by atoms with Gasteiger partial charge in [-0.05, 0) is 33.3 Å². The second-order valence-corrected chi connectivity index (χ2v) is 8.55. The summed E-state index contributed by atoms with van der Waals surface area (Å²) in [7, 11) is -4.00. The van der Waals surface area contributed by atoms with E-state index in [0.29, 0.717) is 6.42 Å². The minimum Gasteiger partial charge on any atom is -0.344 e. The molecule has 10 heteroatoms. The Hall–Kier alpha value is -1.59. The zero-order chi connectivity index (χ0) is 18.7. The number of fused-ring (bicyclic) bond motifs is 2. The standard InChI is InChI=1S/C16H22N4O5S/c1-9-11-4-5-20(15(11)19-8-18-9)12-6-10(7-23-26(17,21)22)13-14(12)25-16(2,3)24-13/h4-5,8,10,12-14H,6-7H2,1-3H3,(H2,17,21,22)/t10-,12+,13+,14-/m0/s1. The van der Waals surface area contributed by atoms with Crippen LogP contribution in [0.15, 0.2) is 18.6 Å². The van der Waals surface area contributed by atoms with Crippen LogP contribution in [0.4, 0.5) is 0 Å². The van der Waals surface area contributed by atoms with Crippen molar-refractivity contribution in [3.05, 3.63) is 24.3 Å². The fourth-order valence-corrected chi connectivity index (χ4v) is 4.40. The van der Waals surface area contributed by atoms with Crippen LogP contribution in [0.2, 0.25) is 0 Å². The Bertz CT molecular complexity index is 941. The molecule has 1 aliphatic heterocycles. The highest BCUT2D eigenvalue weighted by Gasteiger charge is 2.54. The molecule has 1 saturated carbocycles. The van der Waals surface area contributed by atoms with Gasteiger partial charge in [0.1, 0.15) is 18.1 Å². The van der Waals surface area contributed by atoms with E-state index in [2.05, 4.69) is 14.5 Å². The minimum absolute atomic E-state index is 0.0385. The Balaban J connectivity index is 1.68. The first-order chi connectivity index (χ1) is 12.1. The number of hydrogen-bond donors (Lipinski definition) is 1. The van der Waals surface area contributed by atoms with Crippen LogP contribution >= 0.6 is 0 Å². The summed E-state index contributed by atoms with van der Waals surface area (Å²) in [6, 6.07) is 1.93. The molecule has 2 aliphatic rings. The topological polar surface area (TPSA) is 119 Å². The molecule has 0 radical (unpaired) electrons. The summed E-state index contributed by atoms with van der Waals surface area (Å²) >= 11 is 0. The van der Waals surface area contributed by atoms with Crippen molar-refractivity contribution in [2.45, 2.75) is 51.2 Å². The van der Waals surface area contributed by atoms with Gasteiger partial charge in [-0.25, -0.2) is 15.1 Å². The van der Waals surface area contributed by atoms with E-state index < -0.39 is 16.1 Å². The van der Waals surface area contributed by atoms with Crippen LogP contribution in [-0.2, 0) is 24.0 Å². The SMILES string of the molecule is Cc1ncnc2c1ccn2[C@@H]1C[C@@H](COS(N)(=O)=O)[C@H]2OC(C)(C)O[C@H]21. The third kappa shape index (κ3) is 3.12. The summed E-state index contributed by atoms with van der Waals surface area (Å²) in [5.74, 6) is -0.910. The number of hydrogen-bond acceptors (Lipinski definition) is 7. The molecular weight excluding hydrogens is 360 g/mol. The van der Waals surface area contributed by atoms with Crippen molar-refractivity contribution in [3.8, 4) is 0 Å². The number of nitrogens with two attached hydrogens (primary N) is 1. The normalized spacial score (nSPS) is 30.8. The van der Waals surface area contributed by atoms with E-state index in [9.17, 15) is 8.42 Å². The molecule has 2 N–H and O–H groups in total. The summed E-state index contributed by atoms with van der Waals surface area (Å²) in [5, 5.41) is 5.96. The lowest BCUT2D eigenvalue weighted by atomic mass is 10.1. The molecule has 1 aliphatic carbocycles. The lowest BCUT2D eigenvalue weighted by molar-refractivity contribution is -0.161. The average molecular weight is 382 g/mol. The van der Waals surface area contributed by atoms with E-state index in [4.69, 9.17) is 18.8 Å². The van der Waals surface area contributed by atoms with Crippen molar-refractivity contribution in [2.75, 3.05) is 6.61 Å². The van der Waals surface area contributed by atoms with Crippen LogP contribution in [0.25, 0.3) is 11.0 Å². The summed E-state index contributed by atoms with van der Waals surface area (Å²) in [6.45, 7) is 5.59. The van der Waals surface area contributed by atoms with E-state index in [-0.39, 0.29) is 30.8 Å². The molecule has 0 amide bonds. The van der Waals surface area contributed by atoms with E-state index in [1.165, 1.54) is 6.33 Å². The molecule has 4 rings (SSSR count). The van der Waals surface area contributed by atoms with E-state index in [1.807, 2.05) is 33.0 Å². The third-order valence-corrected chi connectivity index (χ3v) is 5.53. The van der Waals surface area contributed by atoms with Gasteiger partial charge in [0.15, 0.2) is 5.79 Å². The molecular formula is C16H22N4O5S. The van der Waals surface area contributed by atoms with Crippen LogP contribution in [-0.4, -0.2) is 47.6 Å². The maximum Gasteiger partial charge on any atom is 0.333 e. The zero-order valence-electron chi connectivity index (χ0n) is 14.8. The summed E-state index contributed by atoms with van der Waals surface area (Å²) in [6.07, 6.45) is 3.62. The monoisotopic (exact) mass is 382 g/mol. The lowest BCUT2D eigenvalue weighted by Gasteiger charge is -2.24. The first-order valence-electron chi connectivity index (χ1n) is 8.45. The van der Waals surface area contributed by atoms with Gasteiger partial charge in [-0.2, -0.15) is 8.42 Å². The van der Waals surface area contributed by atoms with Crippen molar-refractivity contribution >= 4 is 21.3 Å². The summed E-state index contributed by atoms with van der Waals surface area (Å²) in [4.78, 5) is 8.64. The van der Waals surface area contributed by atoms with Crippen LogP contribution in [0.3, 0.4) is 0 Å². The predicted octanol–water partition coefficient (Wildman–Crippen LogP) is 1.04. The van der Waals surface area contributed by atoms with Gasteiger partial charge in [-0.3, -0.25) is 4.18 Å². The predicted molar refractivity (Wildman–Crippen MR) is 92.3 cm³/mol. The zero-order valence-corrected chi connectivity index (χ0v) is 15.6. The number of aryl methyl sites for hydroxylation is 1. The molecule has 1 saturated heterocycles. The van der Waals surface area contributed by atoms with E-state index in [1.54, 1.807) is 0 Å². The molecule has 2 aromatic rings. The highest BCUT2D eigenvalue weighted by Crippen LogP contribution is 2.47. The first-order valence-corrected chi connectivity index (χ1v) is 9.93. The van der Waals surface area contributed by atoms with Crippen molar-refractivity contribution in [1.82, 2.24) is 14.5 Å². The number of nitrogens with zero attached hydrogens (tertiary/aromatic N) is 3. The number of rotatable bonds is 4. The highest BCUT2D eigenvalue weighted by atomic mass is 32.2. The lowest BCUT2D eigenvalue weighted by Crippen LogP contribution is -2.30. The fraction of sp³-hybridized carbons (Fsp3) is 0.625. The van der Waals surface area contributed by atoms with Crippen LogP contribution in [0, 0.1) is 12.8 Å². The Morgan fingerprint density at radius 2 is 2.08 bits per heavy atom.